The van der Waals surface area contributed by atoms with E-state index in [0.717, 1.165) is 24.5 Å². The Labute approximate surface area is 121 Å². The standard InChI is InChI=1S/C16H26N2S/c1-3-15-6-7-16(19-15)11-17-10-12-8-13-4-5-14(9-12)18(13)2/h6-7,12-14,17H,3-5,8-11H2,1-2H3. The predicted octanol–water partition coefficient (Wildman–Crippen LogP) is 3.27. The number of hydrogen-bond donors (Lipinski definition) is 1. The van der Waals surface area contributed by atoms with Gasteiger partial charge in [0, 0.05) is 28.4 Å². The van der Waals surface area contributed by atoms with Crippen molar-refractivity contribution in [1.29, 1.82) is 0 Å². The topological polar surface area (TPSA) is 15.3 Å². The number of rotatable bonds is 5. The summed E-state index contributed by atoms with van der Waals surface area (Å²) in [5, 5.41) is 3.68. The molecule has 2 saturated heterocycles. The van der Waals surface area contributed by atoms with Gasteiger partial charge in [0.1, 0.15) is 0 Å². The van der Waals surface area contributed by atoms with E-state index in [-0.39, 0.29) is 0 Å². The molecular weight excluding hydrogens is 252 g/mol. The largest absolute Gasteiger partial charge is 0.312 e. The fourth-order valence-electron chi connectivity index (χ4n) is 3.80. The van der Waals surface area contributed by atoms with Gasteiger partial charge in [-0.2, -0.15) is 0 Å². The second-order valence-corrected chi connectivity index (χ2v) is 7.49. The van der Waals surface area contributed by atoms with Crippen molar-refractivity contribution in [2.75, 3.05) is 13.6 Å². The number of aryl methyl sites for hydroxylation is 1. The molecule has 0 spiro atoms. The van der Waals surface area contributed by atoms with Crippen LogP contribution >= 0.6 is 11.3 Å². The van der Waals surface area contributed by atoms with Gasteiger partial charge in [-0.05, 0) is 63.7 Å². The molecule has 2 fully saturated rings. The molecule has 0 aromatic carbocycles. The van der Waals surface area contributed by atoms with Gasteiger partial charge in [-0.1, -0.05) is 6.92 Å². The highest BCUT2D eigenvalue weighted by Gasteiger charge is 2.37. The minimum absolute atomic E-state index is 0.874. The van der Waals surface area contributed by atoms with E-state index in [2.05, 4.69) is 36.3 Å². The molecule has 0 amide bonds. The monoisotopic (exact) mass is 278 g/mol. The first kappa shape index (κ1) is 13.6. The lowest BCUT2D eigenvalue weighted by molar-refractivity contribution is 0.133. The summed E-state index contributed by atoms with van der Waals surface area (Å²) < 4.78 is 0. The van der Waals surface area contributed by atoms with Crippen LogP contribution in [-0.4, -0.2) is 30.6 Å². The summed E-state index contributed by atoms with van der Waals surface area (Å²) >= 11 is 1.96. The number of piperidine rings is 1. The van der Waals surface area contributed by atoms with Crippen molar-refractivity contribution in [3.8, 4) is 0 Å². The van der Waals surface area contributed by atoms with E-state index in [1.165, 1.54) is 48.4 Å². The lowest BCUT2D eigenvalue weighted by Gasteiger charge is -2.36. The SMILES string of the molecule is CCc1ccc(CNCC2CC3CCC(C2)N3C)s1. The molecule has 1 N–H and O–H groups in total. The van der Waals surface area contributed by atoms with E-state index >= 15 is 0 Å². The Hall–Kier alpha value is -0.380. The van der Waals surface area contributed by atoms with Crippen LogP contribution in [0.25, 0.3) is 0 Å². The number of hydrogen-bond acceptors (Lipinski definition) is 3. The third kappa shape index (κ3) is 3.04. The third-order valence-electron chi connectivity index (χ3n) is 4.99. The van der Waals surface area contributed by atoms with Gasteiger partial charge in [0.2, 0.25) is 0 Å². The molecule has 2 aliphatic heterocycles. The Morgan fingerprint density at radius 1 is 1.21 bits per heavy atom. The second kappa shape index (κ2) is 5.94. The fourth-order valence-corrected chi connectivity index (χ4v) is 4.73. The lowest BCUT2D eigenvalue weighted by Crippen LogP contribution is -2.42. The van der Waals surface area contributed by atoms with Gasteiger partial charge < -0.3 is 10.2 Å². The van der Waals surface area contributed by atoms with E-state index in [1.54, 1.807) is 0 Å². The van der Waals surface area contributed by atoms with Crippen LogP contribution < -0.4 is 5.32 Å². The van der Waals surface area contributed by atoms with E-state index in [1.807, 2.05) is 11.3 Å². The van der Waals surface area contributed by atoms with Crippen molar-refractivity contribution in [3.63, 3.8) is 0 Å². The summed E-state index contributed by atoms with van der Waals surface area (Å²) in [6.45, 7) is 4.50. The Morgan fingerprint density at radius 3 is 2.53 bits per heavy atom. The number of nitrogens with zero attached hydrogens (tertiary/aromatic N) is 1. The minimum Gasteiger partial charge on any atom is -0.312 e. The molecule has 2 bridgehead atoms. The van der Waals surface area contributed by atoms with Gasteiger partial charge in [-0.25, -0.2) is 0 Å². The molecule has 1 aromatic rings. The van der Waals surface area contributed by atoms with Crippen molar-refractivity contribution in [2.45, 2.75) is 57.7 Å². The van der Waals surface area contributed by atoms with Gasteiger partial charge >= 0.3 is 0 Å². The van der Waals surface area contributed by atoms with Crippen molar-refractivity contribution < 1.29 is 0 Å². The first-order valence-electron chi connectivity index (χ1n) is 7.76. The van der Waals surface area contributed by atoms with Crippen molar-refractivity contribution in [3.05, 3.63) is 21.9 Å². The normalized spacial score (nSPS) is 30.9. The smallest absolute Gasteiger partial charge is 0.0299 e. The Bertz CT molecular complexity index is 401. The molecule has 0 radical (unpaired) electrons. The molecular formula is C16H26N2S. The van der Waals surface area contributed by atoms with Gasteiger partial charge in [0.25, 0.3) is 0 Å². The second-order valence-electron chi connectivity index (χ2n) is 6.24. The summed E-state index contributed by atoms with van der Waals surface area (Å²) in [7, 11) is 2.32. The van der Waals surface area contributed by atoms with E-state index in [9.17, 15) is 0 Å². The van der Waals surface area contributed by atoms with Crippen LogP contribution in [0.1, 0.15) is 42.4 Å². The number of thiophene rings is 1. The van der Waals surface area contributed by atoms with Gasteiger partial charge in [-0.3, -0.25) is 0 Å². The molecule has 3 rings (SSSR count). The molecule has 2 aliphatic rings. The Morgan fingerprint density at radius 2 is 1.89 bits per heavy atom. The van der Waals surface area contributed by atoms with Crippen LogP contribution in [0.4, 0.5) is 0 Å². The summed E-state index contributed by atoms with van der Waals surface area (Å²) in [5.41, 5.74) is 0. The molecule has 0 aliphatic carbocycles. The summed E-state index contributed by atoms with van der Waals surface area (Å²) in [4.78, 5) is 5.63. The Balaban J connectivity index is 1.43. The van der Waals surface area contributed by atoms with Gasteiger partial charge in [0.05, 0.1) is 0 Å². The Kier molecular flexibility index (Phi) is 4.25. The van der Waals surface area contributed by atoms with E-state index < -0.39 is 0 Å². The zero-order chi connectivity index (χ0) is 13.2. The molecule has 2 atom stereocenters. The molecule has 2 nitrogen and oxygen atoms in total. The highest BCUT2D eigenvalue weighted by atomic mass is 32.1. The molecule has 2 unspecified atom stereocenters. The highest BCUT2D eigenvalue weighted by molar-refractivity contribution is 7.11. The quantitative estimate of drug-likeness (QED) is 0.889. The first-order chi connectivity index (χ1) is 9.26. The molecule has 1 aromatic heterocycles. The van der Waals surface area contributed by atoms with Crippen LogP contribution in [0.3, 0.4) is 0 Å². The average Bonchev–Trinajstić information content (AvgIpc) is 2.93. The predicted molar refractivity (Wildman–Crippen MR) is 82.7 cm³/mol. The molecule has 3 heterocycles. The number of nitrogens with one attached hydrogen (secondary N) is 1. The van der Waals surface area contributed by atoms with Crippen LogP contribution in [0.2, 0.25) is 0 Å². The van der Waals surface area contributed by atoms with Gasteiger partial charge in [-0.15, -0.1) is 11.3 Å². The van der Waals surface area contributed by atoms with Gasteiger partial charge in [0.15, 0.2) is 0 Å². The molecule has 3 heteroatoms. The van der Waals surface area contributed by atoms with Crippen LogP contribution in [-0.2, 0) is 13.0 Å². The first-order valence-corrected chi connectivity index (χ1v) is 8.58. The van der Waals surface area contributed by atoms with Crippen LogP contribution in [0.15, 0.2) is 12.1 Å². The van der Waals surface area contributed by atoms with Crippen molar-refractivity contribution in [1.82, 2.24) is 10.2 Å². The molecule has 19 heavy (non-hydrogen) atoms. The third-order valence-corrected chi connectivity index (χ3v) is 6.22. The fraction of sp³-hybridized carbons (Fsp3) is 0.750. The lowest BCUT2D eigenvalue weighted by atomic mass is 9.91. The average molecular weight is 278 g/mol. The molecule has 0 saturated carbocycles. The van der Waals surface area contributed by atoms with Crippen molar-refractivity contribution >= 4 is 11.3 Å². The maximum absolute atomic E-state index is 3.68. The molecule has 106 valence electrons. The highest BCUT2D eigenvalue weighted by Crippen LogP contribution is 2.37. The maximum Gasteiger partial charge on any atom is 0.0299 e. The summed E-state index contributed by atoms with van der Waals surface area (Å²) in [5.74, 6) is 0.902. The maximum atomic E-state index is 3.68. The zero-order valence-electron chi connectivity index (χ0n) is 12.2. The van der Waals surface area contributed by atoms with E-state index in [0.29, 0.717) is 0 Å². The summed E-state index contributed by atoms with van der Waals surface area (Å²) in [6, 6.07) is 6.31. The minimum atomic E-state index is 0.874. The van der Waals surface area contributed by atoms with Crippen molar-refractivity contribution in [2.24, 2.45) is 5.92 Å². The van der Waals surface area contributed by atoms with E-state index in [4.69, 9.17) is 0 Å². The van der Waals surface area contributed by atoms with Crippen LogP contribution in [0, 0.1) is 5.92 Å². The van der Waals surface area contributed by atoms with Crippen LogP contribution in [0.5, 0.6) is 0 Å². The zero-order valence-corrected chi connectivity index (χ0v) is 13.0. The number of fused-ring (bicyclic) bond motifs is 2. The summed E-state index contributed by atoms with van der Waals surface area (Å²) in [6.07, 6.45) is 6.85.